The quantitative estimate of drug-likeness (QED) is 0.658. The van der Waals surface area contributed by atoms with Gasteiger partial charge in [0.2, 0.25) is 0 Å². The standard InChI is InChI=1S/C9H12O4/c10-7-3-6(1-2-9(12)13)4-8(11)5-7/h6H,1-5H2,(H,12,13). The fourth-order valence-electron chi connectivity index (χ4n) is 1.61. The molecule has 4 nitrogen and oxygen atoms in total. The minimum Gasteiger partial charge on any atom is -0.481 e. The highest BCUT2D eigenvalue weighted by molar-refractivity contribution is 6.01. The first kappa shape index (κ1) is 9.89. The van der Waals surface area contributed by atoms with Crippen LogP contribution in [0.5, 0.6) is 0 Å². The SMILES string of the molecule is O=C(O)CCC1CC(=O)CC(=O)C1. The van der Waals surface area contributed by atoms with Crippen molar-refractivity contribution in [3.8, 4) is 0 Å². The van der Waals surface area contributed by atoms with Crippen molar-refractivity contribution >= 4 is 17.5 Å². The molecule has 1 N–H and O–H groups in total. The van der Waals surface area contributed by atoms with Crippen molar-refractivity contribution in [2.45, 2.75) is 32.1 Å². The van der Waals surface area contributed by atoms with Crippen molar-refractivity contribution in [1.29, 1.82) is 0 Å². The van der Waals surface area contributed by atoms with E-state index in [0.717, 1.165) is 0 Å². The lowest BCUT2D eigenvalue weighted by atomic mass is 9.84. The number of ketones is 2. The van der Waals surface area contributed by atoms with Gasteiger partial charge in [0, 0.05) is 19.3 Å². The fraction of sp³-hybridized carbons (Fsp3) is 0.667. The van der Waals surface area contributed by atoms with Crippen LogP contribution in [0.25, 0.3) is 0 Å². The Morgan fingerprint density at radius 3 is 2.31 bits per heavy atom. The molecule has 0 heterocycles. The number of carbonyl (C=O) groups excluding carboxylic acids is 2. The Bertz CT molecular complexity index is 228. The van der Waals surface area contributed by atoms with Crippen LogP contribution in [-0.4, -0.2) is 22.6 Å². The van der Waals surface area contributed by atoms with Crippen molar-refractivity contribution in [1.82, 2.24) is 0 Å². The average molecular weight is 184 g/mol. The normalized spacial score (nSPS) is 19.1. The van der Waals surface area contributed by atoms with E-state index in [0.29, 0.717) is 19.3 Å². The first-order chi connectivity index (χ1) is 6.08. The molecular weight excluding hydrogens is 172 g/mol. The minimum absolute atomic E-state index is 0.0372. The number of carboxylic acids is 1. The van der Waals surface area contributed by atoms with Gasteiger partial charge in [-0.15, -0.1) is 0 Å². The predicted octanol–water partition coefficient (Wildman–Crippen LogP) is 0.790. The molecule has 1 fully saturated rings. The maximum absolute atomic E-state index is 11.0. The van der Waals surface area contributed by atoms with Crippen LogP contribution in [-0.2, 0) is 14.4 Å². The average Bonchev–Trinajstić information content (AvgIpc) is 1.99. The maximum Gasteiger partial charge on any atom is 0.303 e. The monoisotopic (exact) mass is 184 g/mol. The zero-order valence-electron chi connectivity index (χ0n) is 7.28. The van der Waals surface area contributed by atoms with Crippen LogP contribution in [0, 0.1) is 5.92 Å². The van der Waals surface area contributed by atoms with E-state index in [9.17, 15) is 14.4 Å². The van der Waals surface area contributed by atoms with Gasteiger partial charge in [-0.25, -0.2) is 0 Å². The van der Waals surface area contributed by atoms with Gasteiger partial charge in [-0.1, -0.05) is 0 Å². The Hall–Kier alpha value is -1.19. The highest BCUT2D eigenvalue weighted by Gasteiger charge is 2.25. The Morgan fingerprint density at radius 1 is 1.31 bits per heavy atom. The molecule has 0 amide bonds. The molecule has 0 bridgehead atoms. The van der Waals surface area contributed by atoms with Crippen LogP contribution >= 0.6 is 0 Å². The van der Waals surface area contributed by atoms with Crippen LogP contribution in [0.3, 0.4) is 0 Å². The van der Waals surface area contributed by atoms with Gasteiger partial charge in [0.1, 0.15) is 11.6 Å². The summed E-state index contributed by atoms with van der Waals surface area (Å²) in [5, 5.41) is 8.41. The Balaban J connectivity index is 2.37. The van der Waals surface area contributed by atoms with E-state index in [1.54, 1.807) is 0 Å². The zero-order valence-corrected chi connectivity index (χ0v) is 7.28. The largest absolute Gasteiger partial charge is 0.481 e. The van der Waals surface area contributed by atoms with Gasteiger partial charge in [-0.2, -0.15) is 0 Å². The van der Waals surface area contributed by atoms with E-state index in [4.69, 9.17) is 5.11 Å². The molecule has 0 aromatic rings. The van der Waals surface area contributed by atoms with Gasteiger partial charge in [-0.3, -0.25) is 14.4 Å². The summed E-state index contributed by atoms with van der Waals surface area (Å²) in [6.07, 6.45) is 1.28. The molecule has 0 aliphatic heterocycles. The molecule has 0 atom stereocenters. The van der Waals surface area contributed by atoms with Crippen LogP contribution in [0.4, 0.5) is 0 Å². The highest BCUT2D eigenvalue weighted by atomic mass is 16.4. The predicted molar refractivity (Wildman–Crippen MR) is 44.2 cm³/mol. The van der Waals surface area contributed by atoms with E-state index in [-0.39, 0.29) is 30.3 Å². The lowest BCUT2D eigenvalue weighted by Gasteiger charge is -2.18. The van der Waals surface area contributed by atoms with E-state index in [1.807, 2.05) is 0 Å². The van der Waals surface area contributed by atoms with Crippen molar-refractivity contribution in [2.24, 2.45) is 5.92 Å². The molecule has 1 aliphatic carbocycles. The molecule has 1 saturated carbocycles. The summed E-state index contributed by atoms with van der Waals surface area (Å²) in [5.41, 5.74) is 0. The van der Waals surface area contributed by atoms with E-state index < -0.39 is 5.97 Å². The van der Waals surface area contributed by atoms with Gasteiger partial charge in [0.15, 0.2) is 0 Å². The van der Waals surface area contributed by atoms with Crippen LogP contribution in [0.2, 0.25) is 0 Å². The number of rotatable bonds is 3. The lowest BCUT2D eigenvalue weighted by Crippen LogP contribution is -2.23. The smallest absolute Gasteiger partial charge is 0.303 e. The van der Waals surface area contributed by atoms with Crippen LogP contribution < -0.4 is 0 Å². The molecule has 0 saturated heterocycles. The molecule has 0 aromatic heterocycles. The van der Waals surface area contributed by atoms with Crippen molar-refractivity contribution in [2.75, 3.05) is 0 Å². The van der Waals surface area contributed by atoms with Crippen molar-refractivity contribution in [3.05, 3.63) is 0 Å². The number of hydrogen-bond acceptors (Lipinski definition) is 3. The van der Waals surface area contributed by atoms with Gasteiger partial charge >= 0.3 is 5.97 Å². The van der Waals surface area contributed by atoms with E-state index in [2.05, 4.69) is 0 Å². The second-order valence-corrected chi connectivity index (χ2v) is 3.46. The summed E-state index contributed by atoms with van der Waals surface area (Å²) >= 11 is 0. The lowest BCUT2D eigenvalue weighted by molar-refractivity contribution is -0.138. The Kier molecular flexibility index (Phi) is 3.17. The summed E-state index contributed by atoms with van der Waals surface area (Å²) in [6.45, 7) is 0. The molecule has 72 valence electrons. The summed E-state index contributed by atoms with van der Waals surface area (Å²) < 4.78 is 0. The number of Topliss-reactive ketones (excluding diaryl/α,β-unsaturated/α-hetero) is 2. The molecular formula is C9H12O4. The molecule has 0 unspecified atom stereocenters. The third kappa shape index (κ3) is 3.36. The van der Waals surface area contributed by atoms with Gasteiger partial charge in [-0.05, 0) is 12.3 Å². The number of aliphatic carboxylic acids is 1. The van der Waals surface area contributed by atoms with Gasteiger partial charge in [0.25, 0.3) is 0 Å². The molecule has 1 rings (SSSR count). The summed E-state index contributed by atoms with van der Waals surface area (Å²) in [6, 6.07) is 0. The maximum atomic E-state index is 11.0. The molecule has 13 heavy (non-hydrogen) atoms. The number of carboxylic acid groups (broad SMARTS) is 1. The zero-order chi connectivity index (χ0) is 9.84. The van der Waals surface area contributed by atoms with E-state index >= 15 is 0 Å². The second kappa shape index (κ2) is 4.16. The van der Waals surface area contributed by atoms with Gasteiger partial charge in [0.05, 0.1) is 6.42 Å². The first-order valence-electron chi connectivity index (χ1n) is 4.33. The van der Waals surface area contributed by atoms with Crippen LogP contribution in [0.1, 0.15) is 32.1 Å². The Morgan fingerprint density at radius 2 is 1.85 bits per heavy atom. The summed E-state index contributed by atoms with van der Waals surface area (Å²) in [4.78, 5) is 32.2. The van der Waals surface area contributed by atoms with Crippen molar-refractivity contribution < 1.29 is 19.5 Å². The minimum atomic E-state index is -0.870. The molecule has 0 spiro atoms. The second-order valence-electron chi connectivity index (χ2n) is 3.46. The third-order valence-electron chi connectivity index (χ3n) is 2.19. The number of hydrogen-bond donors (Lipinski definition) is 1. The first-order valence-corrected chi connectivity index (χ1v) is 4.33. The summed E-state index contributed by atoms with van der Waals surface area (Å²) in [7, 11) is 0. The highest BCUT2D eigenvalue weighted by Crippen LogP contribution is 2.22. The molecule has 1 aliphatic rings. The van der Waals surface area contributed by atoms with E-state index in [1.165, 1.54) is 0 Å². The number of carbonyl (C=O) groups is 3. The molecule has 0 radical (unpaired) electrons. The van der Waals surface area contributed by atoms with Crippen molar-refractivity contribution in [3.63, 3.8) is 0 Å². The summed E-state index contributed by atoms with van der Waals surface area (Å²) in [5.74, 6) is -1.01. The Labute approximate surface area is 75.9 Å². The molecule has 0 aromatic carbocycles. The third-order valence-corrected chi connectivity index (χ3v) is 2.19. The molecule has 4 heteroatoms. The van der Waals surface area contributed by atoms with Gasteiger partial charge < -0.3 is 5.11 Å². The van der Waals surface area contributed by atoms with Crippen LogP contribution in [0.15, 0.2) is 0 Å². The topological polar surface area (TPSA) is 71.4 Å². The fourth-order valence-corrected chi connectivity index (χ4v) is 1.61.